The van der Waals surface area contributed by atoms with Crippen molar-refractivity contribution in [2.24, 2.45) is 0 Å². The first-order valence-corrected chi connectivity index (χ1v) is 9.27. The van der Waals surface area contributed by atoms with E-state index < -0.39 is 17.6 Å². The number of halogens is 1. The third kappa shape index (κ3) is 5.75. The highest BCUT2D eigenvalue weighted by atomic mass is 35.5. The van der Waals surface area contributed by atoms with E-state index in [1.54, 1.807) is 24.4 Å². The van der Waals surface area contributed by atoms with Crippen molar-refractivity contribution >= 4 is 35.2 Å². The molecule has 1 aromatic carbocycles. The average molecular weight is 393 g/mol. The fourth-order valence-electron chi connectivity index (χ4n) is 2.01. The monoisotopic (exact) mass is 392 g/mol. The molecule has 2 aromatic rings. The molecule has 0 spiro atoms. The van der Waals surface area contributed by atoms with E-state index in [1.165, 1.54) is 18.7 Å². The average Bonchev–Trinajstić information content (AvgIpc) is 2.55. The summed E-state index contributed by atoms with van der Waals surface area (Å²) in [5, 5.41) is 3.82. The number of pyridine rings is 1. The maximum Gasteiger partial charge on any atom is 0.341 e. The number of benzene rings is 1. The summed E-state index contributed by atoms with van der Waals surface area (Å²) in [7, 11) is 0. The molecular formula is C19H21ClN2O3S. The van der Waals surface area contributed by atoms with Gasteiger partial charge in [-0.05, 0) is 52.0 Å². The Balaban J connectivity index is 2.15. The van der Waals surface area contributed by atoms with Crippen molar-refractivity contribution in [2.45, 2.75) is 49.3 Å². The molecule has 5 nitrogen and oxygen atoms in total. The highest BCUT2D eigenvalue weighted by Gasteiger charge is 2.24. The predicted molar refractivity (Wildman–Crippen MR) is 103 cm³/mol. The van der Waals surface area contributed by atoms with Gasteiger partial charge in [0.25, 0.3) is 5.91 Å². The van der Waals surface area contributed by atoms with E-state index in [2.05, 4.69) is 10.3 Å². The van der Waals surface area contributed by atoms with Crippen LogP contribution in [-0.2, 0) is 9.53 Å². The molecule has 0 unspecified atom stereocenters. The zero-order valence-corrected chi connectivity index (χ0v) is 16.6. The van der Waals surface area contributed by atoms with E-state index in [0.717, 1.165) is 4.90 Å². The summed E-state index contributed by atoms with van der Waals surface area (Å²) in [5.41, 5.74) is -0.121. The Hall–Kier alpha value is -2.05. The molecule has 7 heteroatoms. The lowest BCUT2D eigenvalue weighted by Crippen LogP contribution is -2.46. The van der Waals surface area contributed by atoms with Gasteiger partial charge >= 0.3 is 5.97 Å². The van der Waals surface area contributed by atoms with E-state index in [1.807, 2.05) is 39.0 Å². The van der Waals surface area contributed by atoms with Crippen LogP contribution in [0.2, 0.25) is 5.02 Å². The summed E-state index contributed by atoms with van der Waals surface area (Å²) in [6.45, 7) is 7.12. The van der Waals surface area contributed by atoms with Gasteiger partial charge in [0.15, 0.2) is 6.10 Å². The van der Waals surface area contributed by atoms with Gasteiger partial charge in [-0.2, -0.15) is 0 Å². The second kappa shape index (κ2) is 8.56. The minimum atomic E-state index is -0.917. The quantitative estimate of drug-likeness (QED) is 0.766. The van der Waals surface area contributed by atoms with Crippen LogP contribution in [0.3, 0.4) is 0 Å². The van der Waals surface area contributed by atoms with Crippen molar-refractivity contribution in [3.63, 3.8) is 0 Å². The van der Waals surface area contributed by atoms with Crippen LogP contribution in [0.25, 0.3) is 0 Å². The molecule has 1 heterocycles. The predicted octanol–water partition coefficient (Wildman–Crippen LogP) is 4.35. The summed E-state index contributed by atoms with van der Waals surface area (Å²) in [4.78, 5) is 29.7. The van der Waals surface area contributed by atoms with Gasteiger partial charge in [0.2, 0.25) is 0 Å². The molecule has 1 N–H and O–H groups in total. The number of hydrogen-bond donors (Lipinski definition) is 1. The Bertz CT molecular complexity index is 805. The van der Waals surface area contributed by atoms with Crippen molar-refractivity contribution in [1.82, 2.24) is 10.3 Å². The van der Waals surface area contributed by atoms with Gasteiger partial charge in [-0.1, -0.05) is 35.5 Å². The highest BCUT2D eigenvalue weighted by Crippen LogP contribution is 2.33. The fourth-order valence-corrected chi connectivity index (χ4v) is 3.15. The molecule has 138 valence electrons. The summed E-state index contributed by atoms with van der Waals surface area (Å²) < 4.78 is 5.32. The maximum absolute atomic E-state index is 12.5. The molecule has 2 rings (SSSR count). The van der Waals surface area contributed by atoms with Crippen LogP contribution in [0, 0.1) is 0 Å². The van der Waals surface area contributed by atoms with Crippen molar-refractivity contribution in [3.8, 4) is 0 Å². The topological polar surface area (TPSA) is 68.3 Å². The number of aromatic nitrogens is 1. The number of rotatable bonds is 5. The van der Waals surface area contributed by atoms with E-state index in [9.17, 15) is 9.59 Å². The molecule has 1 atom stereocenters. The summed E-state index contributed by atoms with van der Waals surface area (Å²) in [6.07, 6.45) is 0.672. The summed E-state index contributed by atoms with van der Waals surface area (Å²) >= 11 is 7.45. The number of nitrogens with one attached hydrogen (secondary N) is 1. The van der Waals surface area contributed by atoms with Crippen LogP contribution < -0.4 is 5.32 Å². The molecule has 0 radical (unpaired) electrons. The second-order valence-electron chi connectivity index (χ2n) is 6.68. The second-order valence-corrected chi connectivity index (χ2v) is 8.11. The van der Waals surface area contributed by atoms with Gasteiger partial charge in [0.05, 0.1) is 10.6 Å². The summed E-state index contributed by atoms with van der Waals surface area (Å²) in [5.74, 6) is -0.959. The van der Waals surface area contributed by atoms with Crippen molar-refractivity contribution in [3.05, 3.63) is 53.2 Å². The first-order valence-electron chi connectivity index (χ1n) is 8.08. The third-order valence-electron chi connectivity index (χ3n) is 3.19. The number of hydrogen-bond acceptors (Lipinski definition) is 5. The van der Waals surface area contributed by atoms with Gasteiger partial charge < -0.3 is 10.1 Å². The highest BCUT2D eigenvalue weighted by molar-refractivity contribution is 7.99. The zero-order valence-electron chi connectivity index (χ0n) is 15.1. The van der Waals surface area contributed by atoms with Crippen LogP contribution in [-0.4, -0.2) is 28.5 Å². The third-order valence-corrected chi connectivity index (χ3v) is 4.72. The molecule has 0 saturated carbocycles. The number of carbonyl (C=O) groups is 2. The van der Waals surface area contributed by atoms with E-state index >= 15 is 0 Å². The van der Waals surface area contributed by atoms with Crippen LogP contribution in [0.5, 0.6) is 0 Å². The van der Waals surface area contributed by atoms with E-state index in [4.69, 9.17) is 16.3 Å². The zero-order chi connectivity index (χ0) is 19.3. The minimum Gasteiger partial charge on any atom is -0.449 e. The number of ether oxygens (including phenoxy) is 1. The molecule has 0 bridgehead atoms. The van der Waals surface area contributed by atoms with E-state index in [-0.39, 0.29) is 11.5 Å². The maximum atomic E-state index is 12.5. The van der Waals surface area contributed by atoms with Gasteiger partial charge in [-0.15, -0.1) is 0 Å². The van der Waals surface area contributed by atoms with Crippen LogP contribution >= 0.6 is 23.4 Å². The molecule has 0 saturated heterocycles. The number of amides is 1. The molecule has 1 amide bonds. The Kier molecular flexibility index (Phi) is 6.67. The normalized spacial score (nSPS) is 12.3. The molecule has 0 fully saturated rings. The van der Waals surface area contributed by atoms with E-state index in [0.29, 0.717) is 10.0 Å². The van der Waals surface area contributed by atoms with Gasteiger partial charge in [0.1, 0.15) is 5.03 Å². The largest absolute Gasteiger partial charge is 0.449 e. The van der Waals surface area contributed by atoms with Gasteiger partial charge in [-0.25, -0.2) is 9.78 Å². The fraction of sp³-hybridized carbons (Fsp3) is 0.316. The summed E-state index contributed by atoms with van der Waals surface area (Å²) in [6, 6.07) is 10.6. The lowest BCUT2D eigenvalue weighted by molar-refractivity contribution is -0.130. The Morgan fingerprint density at radius 2 is 1.88 bits per heavy atom. The standard InChI is InChI=1S/C19H21ClN2O3S/c1-12(16(23)22-19(2,3)4)25-18(24)13-8-7-11-21-17(13)26-15-10-6-5-9-14(15)20/h5-12H,1-4H3,(H,22,23)/t12-/m0/s1. The number of nitrogens with zero attached hydrogens (tertiary/aromatic N) is 1. The van der Waals surface area contributed by atoms with Gasteiger partial charge in [0, 0.05) is 16.6 Å². The Labute approximate surface area is 162 Å². The Morgan fingerprint density at radius 1 is 1.19 bits per heavy atom. The van der Waals surface area contributed by atoms with Crippen LogP contribution in [0.4, 0.5) is 0 Å². The minimum absolute atomic E-state index is 0.285. The van der Waals surface area contributed by atoms with Crippen molar-refractivity contribution < 1.29 is 14.3 Å². The SMILES string of the molecule is C[C@H](OC(=O)c1cccnc1Sc1ccccc1Cl)C(=O)NC(C)(C)C. The molecule has 0 aliphatic rings. The van der Waals surface area contributed by atoms with Crippen LogP contribution in [0.15, 0.2) is 52.5 Å². The lowest BCUT2D eigenvalue weighted by atomic mass is 10.1. The molecule has 1 aromatic heterocycles. The molecule has 0 aliphatic carbocycles. The van der Waals surface area contributed by atoms with Crippen LogP contribution in [0.1, 0.15) is 38.1 Å². The Morgan fingerprint density at radius 3 is 2.54 bits per heavy atom. The number of esters is 1. The first kappa shape index (κ1) is 20.3. The van der Waals surface area contributed by atoms with Crippen molar-refractivity contribution in [1.29, 1.82) is 0 Å². The number of carbonyl (C=O) groups excluding carboxylic acids is 2. The first-order chi connectivity index (χ1) is 12.2. The molecule has 26 heavy (non-hydrogen) atoms. The smallest absolute Gasteiger partial charge is 0.341 e. The molecular weight excluding hydrogens is 372 g/mol. The van der Waals surface area contributed by atoms with Crippen molar-refractivity contribution in [2.75, 3.05) is 0 Å². The van der Waals surface area contributed by atoms with Gasteiger partial charge in [-0.3, -0.25) is 4.79 Å². The lowest BCUT2D eigenvalue weighted by Gasteiger charge is -2.23. The molecule has 0 aliphatic heterocycles.